The van der Waals surface area contributed by atoms with Crippen molar-refractivity contribution in [1.82, 2.24) is 29.9 Å². The highest BCUT2D eigenvalue weighted by molar-refractivity contribution is 5.75. The third-order valence-corrected chi connectivity index (χ3v) is 5.10. The second-order valence-corrected chi connectivity index (χ2v) is 7.04. The molecular weight excluding hydrogens is 374 g/mol. The van der Waals surface area contributed by atoms with E-state index in [1.54, 1.807) is 21.8 Å². The van der Waals surface area contributed by atoms with Gasteiger partial charge in [0.1, 0.15) is 0 Å². The van der Waals surface area contributed by atoms with E-state index in [1.165, 1.54) is 18.4 Å². The second-order valence-electron chi connectivity index (χ2n) is 7.04. The van der Waals surface area contributed by atoms with Gasteiger partial charge in [0.05, 0.1) is 6.20 Å². The molecule has 0 bridgehead atoms. The van der Waals surface area contributed by atoms with Gasteiger partial charge in [-0.3, -0.25) is 4.68 Å². The van der Waals surface area contributed by atoms with E-state index in [4.69, 9.17) is 0 Å². The molecule has 1 saturated heterocycles. The third-order valence-electron chi connectivity index (χ3n) is 5.10. The molecule has 1 aliphatic heterocycles. The Bertz CT molecular complexity index is 1000. The minimum atomic E-state index is 0. The molecule has 1 aromatic carbocycles. The summed E-state index contributed by atoms with van der Waals surface area (Å²) in [5, 5.41) is 15.4. The minimum Gasteiger partial charge on any atom is -0.323 e. The Morgan fingerprint density at radius 2 is 1.93 bits per heavy atom. The standard InChI is InChI=1S/C21H25N7.C2H4.2H2/c1-4-28-20(15(2)18-13-23-27(3)14-18)25-21(26-28)24-19-7-5-16(6-8-19)17-9-11-22-12-10-17;1-2;;/h4-8,13-14,17,22H,1-2,9-12H2,3H3,(H,24,26);1-2H2;2*1H. The van der Waals surface area contributed by atoms with Crippen molar-refractivity contribution in [2.24, 2.45) is 7.05 Å². The smallest absolute Gasteiger partial charge is 0.247 e. The lowest BCUT2D eigenvalue weighted by Gasteiger charge is -2.23. The van der Waals surface area contributed by atoms with Crippen molar-refractivity contribution in [3.63, 3.8) is 0 Å². The number of hydrogen-bond acceptors (Lipinski definition) is 5. The first kappa shape index (κ1) is 21.3. The summed E-state index contributed by atoms with van der Waals surface area (Å²) in [6, 6.07) is 8.56. The van der Waals surface area contributed by atoms with Crippen LogP contribution in [0.4, 0.5) is 11.6 Å². The lowest BCUT2D eigenvalue weighted by Crippen LogP contribution is -2.26. The maximum absolute atomic E-state index is 4.60. The van der Waals surface area contributed by atoms with Gasteiger partial charge in [0.25, 0.3) is 0 Å². The average molecular weight is 408 g/mol. The first-order chi connectivity index (χ1) is 14.6. The quantitative estimate of drug-likeness (QED) is 0.581. The molecule has 2 N–H and O–H groups in total. The topological polar surface area (TPSA) is 72.6 Å². The highest BCUT2D eigenvalue weighted by Gasteiger charge is 2.16. The van der Waals surface area contributed by atoms with Gasteiger partial charge in [-0.1, -0.05) is 25.3 Å². The summed E-state index contributed by atoms with van der Waals surface area (Å²) in [5.74, 6) is 1.79. The molecule has 2 aromatic heterocycles. The molecule has 0 atom stereocenters. The molecule has 0 radical (unpaired) electrons. The number of hydrogen-bond donors (Lipinski definition) is 2. The fourth-order valence-corrected chi connectivity index (χ4v) is 3.54. The van der Waals surface area contributed by atoms with Gasteiger partial charge in [-0.2, -0.15) is 10.1 Å². The maximum Gasteiger partial charge on any atom is 0.247 e. The average Bonchev–Trinajstić information content (AvgIpc) is 3.42. The van der Waals surface area contributed by atoms with Crippen molar-refractivity contribution in [1.29, 1.82) is 0 Å². The normalized spacial score (nSPS) is 13.9. The van der Waals surface area contributed by atoms with Crippen molar-refractivity contribution >= 4 is 23.4 Å². The van der Waals surface area contributed by atoms with E-state index in [1.807, 2.05) is 13.2 Å². The minimum absolute atomic E-state index is 0. The van der Waals surface area contributed by atoms with Crippen LogP contribution in [0.1, 0.15) is 38.6 Å². The molecule has 4 rings (SSSR count). The van der Waals surface area contributed by atoms with Crippen LogP contribution in [-0.2, 0) is 7.05 Å². The molecule has 1 aliphatic rings. The number of rotatable bonds is 6. The molecule has 0 aliphatic carbocycles. The zero-order valence-corrected chi connectivity index (χ0v) is 17.5. The lowest BCUT2D eigenvalue weighted by atomic mass is 9.90. The van der Waals surface area contributed by atoms with Gasteiger partial charge in [0, 0.05) is 39.1 Å². The lowest BCUT2D eigenvalue weighted by molar-refractivity contribution is 0.460. The van der Waals surface area contributed by atoms with Gasteiger partial charge >= 0.3 is 0 Å². The van der Waals surface area contributed by atoms with Crippen LogP contribution in [0.5, 0.6) is 0 Å². The largest absolute Gasteiger partial charge is 0.323 e. The summed E-state index contributed by atoms with van der Waals surface area (Å²) in [6.45, 7) is 16.2. The first-order valence-corrected chi connectivity index (χ1v) is 9.99. The molecular formula is C23H33N7. The molecule has 7 heteroatoms. The summed E-state index contributed by atoms with van der Waals surface area (Å²) in [6.07, 6.45) is 7.67. The summed E-state index contributed by atoms with van der Waals surface area (Å²) in [4.78, 5) is 4.60. The molecule has 0 amide bonds. The zero-order chi connectivity index (χ0) is 21.5. The fourth-order valence-electron chi connectivity index (χ4n) is 3.54. The number of anilines is 2. The number of piperidine rings is 1. The summed E-state index contributed by atoms with van der Waals surface area (Å²) in [5.41, 5.74) is 3.99. The number of aromatic nitrogens is 5. The predicted octanol–water partition coefficient (Wildman–Crippen LogP) is 4.68. The van der Waals surface area contributed by atoms with Crippen LogP contribution in [0.25, 0.3) is 11.8 Å². The molecule has 3 aromatic rings. The van der Waals surface area contributed by atoms with Crippen molar-refractivity contribution in [3.8, 4) is 0 Å². The molecule has 3 heterocycles. The van der Waals surface area contributed by atoms with E-state index in [2.05, 4.69) is 76.4 Å². The van der Waals surface area contributed by atoms with Crippen LogP contribution >= 0.6 is 0 Å². The first-order valence-electron chi connectivity index (χ1n) is 9.99. The van der Waals surface area contributed by atoms with Crippen LogP contribution in [-0.4, -0.2) is 37.6 Å². The molecule has 0 unspecified atom stereocenters. The van der Waals surface area contributed by atoms with Crippen molar-refractivity contribution in [3.05, 3.63) is 79.9 Å². The van der Waals surface area contributed by atoms with E-state index in [0.717, 1.165) is 29.9 Å². The Kier molecular flexibility index (Phi) is 6.98. The second kappa shape index (κ2) is 9.84. The SMILES string of the molecule is C=C.C=Cn1nc(Nc2ccc(C3CCNCC3)cc2)nc1C(=C)c1cnn(C)c1.[HH].[HH]. The van der Waals surface area contributed by atoms with Gasteiger partial charge in [-0.05, 0) is 49.5 Å². The number of nitrogens with zero attached hydrogens (tertiary/aromatic N) is 5. The number of nitrogens with one attached hydrogen (secondary N) is 2. The monoisotopic (exact) mass is 407 g/mol. The van der Waals surface area contributed by atoms with Gasteiger partial charge in [-0.25, -0.2) is 4.68 Å². The Balaban J connectivity index is 0.00000125. The van der Waals surface area contributed by atoms with E-state index in [-0.39, 0.29) is 2.85 Å². The van der Waals surface area contributed by atoms with E-state index < -0.39 is 0 Å². The van der Waals surface area contributed by atoms with Crippen LogP contribution in [0.3, 0.4) is 0 Å². The molecule has 160 valence electrons. The highest BCUT2D eigenvalue weighted by atomic mass is 15.4. The van der Waals surface area contributed by atoms with Crippen LogP contribution in [0.15, 0.2) is 63.0 Å². The maximum atomic E-state index is 4.60. The number of aryl methyl sites for hydroxylation is 1. The zero-order valence-electron chi connectivity index (χ0n) is 17.5. The fraction of sp³-hybridized carbons (Fsp3) is 0.261. The Morgan fingerprint density at radius 1 is 1.23 bits per heavy atom. The van der Waals surface area contributed by atoms with Crippen molar-refractivity contribution in [2.75, 3.05) is 18.4 Å². The Morgan fingerprint density at radius 3 is 2.53 bits per heavy atom. The van der Waals surface area contributed by atoms with Gasteiger partial charge < -0.3 is 10.6 Å². The summed E-state index contributed by atoms with van der Waals surface area (Å²) < 4.78 is 3.36. The molecule has 1 fully saturated rings. The molecule has 30 heavy (non-hydrogen) atoms. The van der Waals surface area contributed by atoms with Crippen molar-refractivity contribution in [2.45, 2.75) is 18.8 Å². The molecule has 7 nitrogen and oxygen atoms in total. The highest BCUT2D eigenvalue weighted by Crippen LogP contribution is 2.27. The van der Waals surface area contributed by atoms with Gasteiger partial charge in [0.2, 0.25) is 5.95 Å². The van der Waals surface area contributed by atoms with Gasteiger partial charge in [0.15, 0.2) is 5.82 Å². The third kappa shape index (κ3) is 4.75. The Hall–Kier alpha value is -3.45. The van der Waals surface area contributed by atoms with E-state index in [0.29, 0.717) is 17.7 Å². The molecule has 0 saturated carbocycles. The van der Waals surface area contributed by atoms with E-state index in [9.17, 15) is 0 Å². The Labute approximate surface area is 180 Å². The van der Waals surface area contributed by atoms with Crippen LogP contribution in [0.2, 0.25) is 0 Å². The van der Waals surface area contributed by atoms with Crippen molar-refractivity contribution < 1.29 is 2.85 Å². The molecule has 0 spiro atoms. The number of benzene rings is 1. The van der Waals surface area contributed by atoms with Crippen LogP contribution in [0, 0.1) is 0 Å². The van der Waals surface area contributed by atoms with E-state index >= 15 is 0 Å². The predicted molar refractivity (Wildman–Crippen MR) is 128 cm³/mol. The van der Waals surface area contributed by atoms with Gasteiger partial charge in [-0.15, -0.1) is 18.3 Å². The summed E-state index contributed by atoms with van der Waals surface area (Å²) in [7, 11) is 1.87. The van der Waals surface area contributed by atoms with Crippen LogP contribution < -0.4 is 10.6 Å². The summed E-state index contributed by atoms with van der Waals surface area (Å²) >= 11 is 0.